The Morgan fingerprint density at radius 3 is 2.52 bits per heavy atom. The Bertz CT molecular complexity index is 569. The van der Waals surface area contributed by atoms with Crippen molar-refractivity contribution in [2.24, 2.45) is 11.1 Å². The van der Waals surface area contributed by atoms with E-state index in [0.29, 0.717) is 6.54 Å². The fourth-order valence-corrected chi connectivity index (χ4v) is 2.72. The van der Waals surface area contributed by atoms with Gasteiger partial charge in [-0.25, -0.2) is 13.6 Å². The standard InChI is InChI=1S/C13H19N3O3S.ClH/c14-20(18,19)12-5-3-10(4-6-12)8-16-13(17)11-2-1-7-15-9-11;/h3-6,11,15H,1-2,7-9H2,(H,16,17)(H2,14,18,19);1H/t11-;/m1./s1. The van der Waals surface area contributed by atoms with Gasteiger partial charge in [0.25, 0.3) is 0 Å². The molecule has 1 aliphatic rings. The highest BCUT2D eigenvalue weighted by molar-refractivity contribution is 7.89. The Labute approximate surface area is 130 Å². The molecule has 1 amide bonds. The SMILES string of the molecule is Cl.NS(=O)(=O)c1ccc(CNC(=O)[C@@H]2CCCNC2)cc1. The highest BCUT2D eigenvalue weighted by Gasteiger charge is 2.20. The monoisotopic (exact) mass is 333 g/mol. The van der Waals surface area contributed by atoms with Gasteiger partial charge < -0.3 is 10.6 Å². The summed E-state index contributed by atoms with van der Waals surface area (Å²) in [4.78, 5) is 12.0. The van der Waals surface area contributed by atoms with Crippen molar-refractivity contribution in [3.8, 4) is 0 Å². The summed E-state index contributed by atoms with van der Waals surface area (Å²) in [7, 11) is -3.66. The van der Waals surface area contributed by atoms with Crippen molar-refractivity contribution in [3.05, 3.63) is 29.8 Å². The molecule has 1 aromatic rings. The number of rotatable bonds is 4. The predicted octanol–water partition coefficient (Wildman–Crippen LogP) is 0.372. The quantitative estimate of drug-likeness (QED) is 0.741. The van der Waals surface area contributed by atoms with Crippen molar-refractivity contribution in [2.75, 3.05) is 13.1 Å². The van der Waals surface area contributed by atoms with Crippen molar-refractivity contribution < 1.29 is 13.2 Å². The molecule has 1 saturated heterocycles. The number of benzene rings is 1. The first-order valence-corrected chi connectivity index (χ1v) is 8.11. The van der Waals surface area contributed by atoms with Crippen LogP contribution in [-0.2, 0) is 21.4 Å². The molecule has 0 spiro atoms. The molecular formula is C13H20ClN3O3S. The fourth-order valence-electron chi connectivity index (χ4n) is 2.21. The van der Waals surface area contributed by atoms with Gasteiger partial charge >= 0.3 is 0 Å². The lowest BCUT2D eigenvalue weighted by Crippen LogP contribution is -2.40. The molecule has 0 aromatic heterocycles. The minimum atomic E-state index is -3.66. The summed E-state index contributed by atoms with van der Waals surface area (Å²) in [6, 6.07) is 6.19. The molecule has 0 radical (unpaired) electrons. The van der Waals surface area contributed by atoms with E-state index in [4.69, 9.17) is 5.14 Å². The van der Waals surface area contributed by atoms with Gasteiger partial charge in [-0.3, -0.25) is 4.79 Å². The number of piperidine rings is 1. The first-order valence-electron chi connectivity index (χ1n) is 6.57. The largest absolute Gasteiger partial charge is 0.352 e. The molecule has 0 saturated carbocycles. The highest BCUT2D eigenvalue weighted by Crippen LogP contribution is 2.11. The second kappa shape index (κ2) is 7.74. The predicted molar refractivity (Wildman–Crippen MR) is 82.5 cm³/mol. The van der Waals surface area contributed by atoms with Gasteiger partial charge in [-0.15, -0.1) is 12.4 Å². The molecule has 118 valence electrons. The van der Waals surface area contributed by atoms with Crippen LogP contribution in [0.25, 0.3) is 0 Å². The molecule has 6 nitrogen and oxygen atoms in total. The smallest absolute Gasteiger partial charge is 0.238 e. The van der Waals surface area contributed by atoms with Gasteiger partial charge in [0.1, 0.15) is 0 Å². The topological polar surface area (TPSA) is 101 Å². The van der Waals surface area contributed by atoms with Crippen molar-refractivity contribution in [3.63, 3.8) is 0 Å². The third-order valence-electron chi connectivity index (χ3n) is 3.39. The van der Waals surface area contributed by atoms with Crippen LogP contribution in [0.3, 0.4) is 0 Å². The molecule has 2 rings (SSSR count). The average molecular weight is 334 g/mol. The van der Waals surface area contributed by atoms with Crippen LogP contribution in [0, 0.1) is 5.92 Å². The normalized spacial score (nSPS) is 18.6. The zero-order valence-electron chi connectivity index (χ0n) is 11.5. The van der Waals surface area contributed by atoms with Crippen molar-refractivity contribution >= 4 is 28.3 Å². The minimum Gasteiger partial charge on any atom is -0.352 e. The van der Waals surface area contributed by atoms with E-state index in [2.05, 4.69) is 10.6 Å². The summed E-state index contributed by atoms with van der Waals surface area (Å²) in [6.07, 6.45) is 1.92. The van der Waals surface area contributed by atoms with E-state index in [0.717, 1.165) is 31.5 Å². The zero-order valence-corrected chi connectivity index (χ0v) is 13.2. The summed E-state index contributed by atoms with van der Waals surface area (Å²) in [6.45, 7) is 2.08. The van der Waals surface area contributed by atoms with Gasteiger partial charge in [-0.05, 0) is 37.1 Å². The van der Waals surface area contributed by atoms with Crippen molar-refractivity contribution in [1.29, 1.82) is 0 Å². The molecule has 21 heavy (non-hydrogen) atoms. The van der Waals surface area contributed by atoms with Crippen LogP contribution in [0.2, 0.25) is 0 Å². The van der Waals surface area contributed by atoms with Crippen molar-refractivity contribution in [1.82, 2.24) is 10.6 Å². The van der Waals surface area contributed by atoms with Gasteiger partial charge in [0.05, 0.1) is 10.8 Å². The summed E-state index contributed by atoms with van der Waals surface area (Å²) in [5, 5.41) is 11.1. The van der Waals surface area contributed by atoms with Crippen LogP contribution < -0.4 is 15.8 Å². The number of nitrogens with two attached hydrogens (primary N) is 1. The lowest BCUT2D eigenvalue weighted by molar-refractivity contribution is -0.125. The van der Waals surface area contributed by atoms with E-state index >= 15 is 0 Å². The van der Waals surface area contributed by atoms with Gasteiger partial charge in [0.2, 0.25) is 15.9 Å². The maximum atomic E-state index is 11.9. The van der Waals surface area contributed by atoms with Crippen LogP contribution in [0.5, 0.6) is 0 Å². The maximum absolute atomic E-state index is 11.9. The molecule has 1 atom stereocenters. The van der Waals surface area contributed by atoms with E-state index in [-0.39, 0.29) is 29.1 Å². The highest BCUT2D eigenvalue weighted by atomic mass is 35.5. The van der Waals surface area contributed by atoms with Crippen LogP contribution in [0.15, 0.2) is 29.2 Å². The van der Waals surface area contributed by atoms with Crippen LogP contribution in [0.1, 0.15) is 18.4 Å². The molecule has 0 unspecified atom stereocenters. The van der Waals surface area contributed by atoms with Crippen LogP contribution in [0.4, 0.5) is 0 Å². The number of sulfonamides is 1. The third kappa shape index (κ3) is 5.28. The molecule has 1 fully saturated rings. The number of amides is 1. The molecule has 0 bridgehead atoms. The number of primary sulfonamides is 1. The minimum absolute atomic E-state index is 0. The second-order valence-corrected chi connectivity index (χ2v) is 6.51. The number of carbonyl (C=O) groups is 1. The second-order valence-electron chi connectivity index (χ2n) is 4.95. The fraction of sp³-hybridized carbons (Fsp3) is 0.462. The summed E-state index contributed by atoms with van der Waals surface area (Å²) in [5.74, 6) is 0.0557. The van der Waals surface area contributed by atoms with Gasteiger partial charge in [-0.1, -0.05) is 12.1 Å². The first-order chi connectivity index (χ1) is 9.47. The summed E-state index contributed by atoms with van der Waals surface area (Å²) in [5.41, 5.74) is 0.842. The molecule has 4 N–H and O–H groups in total. The van der Waals surface area contributed by atoms with Crippen LogP contribution in [-0.4, -0.2) is 27.4 Å². The Balaban J connectivity index is 0.00000220. The van der Waals surface area contributed by atoms with E-state index < -0.39 is 10.0 Å². The molecule has 8 heteroatoms. The molecular weight excluding hydrogens is 314 g/mol. The molecule has 1 aliphatic heterocycles. The molecule has 1 heterocycles. The van der Waals surface area contributed by atoms with Crippen molar-refractivity contribution in [2.45, 2.75) is 24.3 Å². The summed E-state index contributed by atoms with van der Waals surface area (Å²) >= 11 is 0. The lowest BCUT2D eigenvalue weighted by atomic mass is 9.99. The molecule has 0 aliphatic carbocycles. The number of nitrogens with one attached hydrogen (secondary N) is 2. The van der Waals surface area contributed by atoms with E-state index in [9.17, 15) is 13.2 Å². The Kier molecular flexibility index (Phi) is 6.60. The third-order valence-corrected chi connectivity index (χ3v) is 4.32. The Morgan fingerprint density at radius 1 is 1.33 bits per heavy atom. The summed E-state index contributed by atoms with van der Waals surface area (Å²) < 4.78 is 22.2. The van der Waals surface area contributed by atoms with E-state index in [1.54, 1.807) is 12.1 Å². The van der Waals surface area contributed by atoms with E-state index in [1.165, 1.54) is 12.1 Å². The Hall–Kier alpha value is -1.15. The molecule has 1 aromatic carbocycles. The van der Waals surface area contributed by atoms with Gasteiger partial charge in [0, 0.05) is 13.1 Å². The van der Waals surface area contributed by atoms with Gasteiger partial charge in [-0.2, -0.15) is 0 Å². The van der Waals surface area contributed by atoms with E-state index in [1.807, 2.05) is 0 Å². The number of carbonyl (C=O) groups excluding carboxylic acids is 1. The van der Waals surface area contributed by atoms with Crippen LogP contribution >= 0.6 is 12.4 Å². The first kappa shape index (κ1) is 17.9. The number of hydrogen-bond donors (Lipinski definition) is 3. The number of halogens is 1. The lowest BCUT2D eigenvalue weighted by Gasteiger charge is -2.21. The Morgan fingerprint density at radius 2 is 2.00 bits per heavy atom. The maximum Gasteiger partial charge on any atom is 0.238 e. The average Bonchev–Trinajstić information content (AvgIpc) is 2.45. The number of hydrogen-bond acceptors (Lipinski definition) is 4. The van der Waals surface area contributed by atoms with Gasteiger partial charge in [0.15, 0.2) is 0 Å². The zero-order chi connectivity index (χ0) is 14.6.